The molecule has 0 bridgehead atoms. The maximum atomic E-state index is 11.9. The second-order valence-corrected chi connectivity index (χ2v) is 3.72. The molecule has 0 amide bonds. The minimum Gasteiger partial charge on any atom is -0.493 e. The zero-order chi connectivity index (χ0) is 11.3. The van der Waals surface area contributed by atoms with Crippen molar-refractivity contribution in [3.05, 3.63) is 29.3 Å². The van der Waals surface area contributed by atoms with Gasteiger partial charge in [0.15, 0.2) is 0 Å². The molecule has 1 aromatic rings. The molecule has 3 heteroatoms. The van der Waals surface area contributed by atoms with Crippen LogP contribution < -0.4 is 10.5 Å². The van der Waals surface area contributed by atoms with Crippen LogP contribution in [0.4, 0.5) is 4.39 Å². The second-order valence-electron chi connectivity index (χ2n) is 3.72. The average Bonchev–Trinajstić information content (AvgIpc) is 2.18. The largest absolute Gasteiger partial charge is 0.493 e. The molecule has 0 heterocycles. The van der Waals surface area contributed by atoms with Gasteiger partial charge in [0, 0.05) is 18.0 Å². The molecule has 0 unspecified atom stereocenters. The highest BCUT2D eigenvalue weighted by Crippen LogP contribution is 2.25. The van der Waals surface area contributed by atoms with Gasteiger partial charge in [-0.25, -0.2) is 0 Å². The fourth-order valence-electron chi connectivity index (χ4n) is 1.38. The Morgan fingerprint density at radius 2 is 2.20 bits per heavy atom. The lowest BCUT2D eigenvalue weighted by Crippen LogP contribution is -2.09. The zero-order valence-corrected chi connectivity index (χ0v) is 9.29. The first-order valence-corrected chi connectivity index (χ1v) is 5.20. The zero-order valence-electron chi connectivity index (χ0n) is 9.29. The van der Waals surface area contributed by atoms with E-state index in [0.717, 1.165) is 16.9 Å². The Kier molecular flexibility index (Phi) is 4.56. The monoisotopic (exact) mass is 211 g/mol. The number of hydrogen-bond acceptors (Lipinski definition) is 2. The quantitative estimate of drug-likeness (QED) is 0.760. The Morgan fingerprint density at radius 1 is 1.47 bits per heavy atom. The summed E-state index contributed by atoms with van der Waals surface area (Å²) in [4.78, 5) is 0. The highest BCUT2D eigenvalue weighted by molar-refractivity contribution is 5.38. The summed E-state index contributed by atoms with van der Waals surface area (Å²) < 4.78 is 17.4. The number of nitrogens with two attached hydrogens (primary N) is 1. The van der Waals surface area contributed by atoms with E-state index in [1.54, 1.807) is 0 Å². The summed E-state index contributed by atoms with van der Waals surface area (Å²) in [6.45, 7) is 3.96. The highest BCUT2D eigenvalue weighted by atomic mass is 19.1. The molecule has 0 radical (unpaired) electrons. The van der Waals surface area contributed by atoms with Crippen LogP contribution in [0.15, 0.2) is 18.2 Å². The van der Waals surface area contributed by atoms with E-state index in [-0.39, 0.29) is 12.7 Å². The molecule has 0 saturated carbocycles. The molecule has 1 atom stereocenters. The fourth-order valence-corrected chi connectivity index (χ4v) is 1.38. The van der Waals surface area contributed by atoms with Crippen molar-refractivity contribution in [3.63, 3.8) is 0 Å². The van der Waals surface area contributed by atoms with Crippen LogP contribution in [0.3, 0.4) is 0 Å². The maximum Gasteiger partial charge on any atom is 0.124 e. The predicted molar refractivity (Wildman–Crippen MR) is 59.9 cm³/mol. The molecule has 0 aliphatic carbocycles. The van der Waals surface area contributed by atoms with Crippen LogP contribution in [0.25, 0.3) is 0 Å². The van der Waals surface area contributed by atoms with Crippen LogP contribution in [-0.4, -0.2) is 13.3 Å². The van der Waals surface area contributed by atoms with E-state index in [1.165, 1.54) is 0 Å². The van der Waals surface area contributed by atoms with Crippen LogP contribution >= 0.6 is 0 Å². The second kappa shape index (κ2) is 5.71. The summed E-state index contributed by atoms with van der Waals surface area (Å²) in [6.07, 6.45) is 0.423. The number of alkyl halides is 1. The van der Waals surface area contributed by atoms with Crippen LogP contribution in [0.1, 0.15) is 30.5 Å². The third-order valence-corrected chi connectivity index (χ3v) is 2.20. The Bertz CT molecular complexity index is 312. The number of ether oxygens (including phenoxy) is 1. The van der Waals surface area contributed by atoms with Gasteiger partial charge in [-0.3, -0.25) is 4.39 Å². The molecule has 15 heavy (non-hydrogen) atoms. The Morgan fingerprint density at radius 3 is 2.80 bits per heavy atom. The molecule has 0 saturated heterocycles. The maximum absolute atomic E-state index is 11.9. The van der Waals surface area contributed by atoms with Crippen molar-refractivity contribution in [3.8, 4) is 5.75 Å². The smallest absolute Gasteiger partial charge is 0.124 e. The minimum atomic E-state index is -0.348. The van der Waals surface area contributed by atoms with Gasteiger partial charge in [-0.05, 0) is 25.5 Å². The Balaban J connectivity index is 2.77. The van der Waals surface area contributed by atoms with E-state index in [2.05, 4.69) is 0 Å². The molecular formula is C12H18FNO. The van der Waals surface area contributed by atoms with Crippen molar-refractivity contribution in [2.45, 2.75) is 26.3 Å². The lowest BCUT2D eigenvalue weighted by molar-refractivity contribution is 0.286. The van der Waals surface area contributed by atoms with Gasteiger partial charge in [0.1, 0.15) is 5.75 Å². The third-order valence-electron chi connectivity index (χ3n) is 2.20. The summed E-state index contributed by atoms with van der Waals surface area (Å²) in [5.74, 6) is 0.776. The first kappa shape index (κ1) is 12.0. The SMILES string of the molecule is Cc1ccc([C@@H](C)N)c(OCCCF)c1. The van der Waals surface area contributed by atoms with Crippen molar-refractivity contribution in [2.24, 2.45) is 5.73 Å². The fraction of sp³-hybridized carbons (Fsp3) is 0.500. The highest BCUT2D eigenvalue weighted by Gasteiger charge is 2.07. The molecule has 0 aliphatic heterocycles. The van der Waals surface area contributed by atoms with Gasteiger partial charge >= 0.3 is 0 Å². The number of hydrogen-bond donors (Lipinski definition) is 1. The molecule has 84 valence electrons. The molecular weight excluding hydrogens is 193 g/mol. The molecule has 2 N–H and O–H groups in total. The lowest BCUT2D eigenvalue weighted by atomic mass is 10.1. The van der Waals surface area contributed by atoms with Crippen LogP contribution in [0, 0.1) is 6.92 Å². The molecule has 1 rings (SSSR count). The van der Waals surface area contributed by atoms with Crippen LogP contribution in [0.5, 0.6) is 5.75 Å². The minimum absolute atomic E-state index is 0.0639. The van der Waals surface area contributed by atoms with Gasteiger partial charge in [0.05, 0.1) is 13.3 Å². The summed E-state index contributed by atoms with van der Waals surface area (Å²) >= 11 is 0. The topological polar surface area (TPSA) is 35.2 Å². The molecule has 0 spiro atoms. The van der Waals surface area contributed by atoms with Crippen LogP contribution in [-0.2, 0) is 0 Å². The van der Waals surface area contributed by atoms with Gasteiger partial charge in [-0.15, -0.1) is 0 Å². The number of aryl methyl sites for hydroxylation is 1. The van der Waals surface area contributed by atoms with E-state index in [1.807, 2.05) is 32.0 Å². The summed E-state index contributed by atoms with van der Waals surface area (Å²) in [7, 11) is 0. The molecule has 0 aliphatic rings. The normalized spacial score (nSPS) is 12.5. The van der Waals surface area contributed by atoms with E-state index >= 15 is 0 Å². The van der Waals surface area contributed by atoms with Crippen molar-refractivity contribution in [1.29, 1.82) is 0 Å². The van der Waals surface area contributed by atoms with Crippen LogP contribution in [0.2, 0.25) is 0 Å². The Hall–Kier alpha value is -1.09. The lowest BCUT2D eigenvalue weighted by Gasteiger charge is -2.14. The molecule has 0 aromatic heterocycles. The van der Waals surface area contributed by atoms with Crippen molar-refractivity contribution in [2.75, 3.05) is 13.3 Å². The molecule has 0 fully saturated rings. The first-order valence-electron chi connectivity index (χ1n) is 5.20. The number of halogens is 1. The summed E-state index contributed by atoms with van der Waals surface area (Å²) in [5, 5.41) is 0. The summed E-state index contributed by atoms with van der Waals surface area (Å²) in [6, 6.07) is 5.84. The van der Waals surface area contributed by atoms with E-state index < -0.39 is 0 Å². The molecule has 2 nitrogen and oxygen atoms in total. The molecule has 1 aromatic carbocycles. The van der Waals surface area contributed by atoms with E-state index in [0.29, 0.717) is 13.0 Å². The van der Waals surface area contributed by atoms with E-state index in [4.69, 9.17) is 10.5 Å². The van der Waals surface area contributed by atoms with Gasteiger partial charge in [-0.1, -0.05) is 12.1 Å². The van der Waals surface area contributed by atoms with Gasteiger partial charge in [0.2, 0.25) is 0 Å². The number of benzene rings is 1. The predicted octanol–water partition coefficient (Wildman–Crippen LogP) is 2.75. The van der Waals surface area contributed by atoms with E-state index in [9.17, 15) is 4.39 Å². The first-order chi connectivity index (χ1) is 7.15. The van der Waals surface area contributed by atoms with Gasteiger partial charge < -0.3 is 10.5 Å². The van der Waals surface area contributed by atoms with Gasteiger partial charge in [-0.2, -0.15) is 0 Å². The van der Waals surface area contributed by atoms with Crippen molar-refractivity contribution in [1.82, 2.24) is 0 Å². The Labute approximate surface area is 90.2 Å². The van der Waals surface area contributed by atoms with Gasteiger partial charge in [0.25, 0.3) is 0 Å². The standard InChI is InChI=1S/C12H18FNO/c1-9-4-5-11(10(2)14)12(8-9)15-7-3-6-13/h4-5,8,10H,3,6-7,14H2,1-2H3/t10-/m1/s1. The third kappa shape index (κ3) is 3.51. The summed E-state index contributed by atoms with van der Waals surface area (Å²) in [5.41, 5.74) is 7.91. The number of rotatable bonds is 5. The van der Waals surface area contributed by atoms with Crippen molar-refractivity contribution < 1.29 is 9.13 Å². The van der Waals surface area contributed by atoms with Crippen molar-refractivity contribution >= 4 is 0 Å². The average molecular weight is 211 g/mol.